The van der Waals surface area contributed by atoms with E-state index in [1.165, 1.54) is 32.1 Å². The van der Waals surface area contributed by atoms with Gasteiger partial charge in [-0.25, -0.2) is 0 Å². The second kappa shape index (κ2) is 6.86. The van der Waals surface area contributed by atoms with Crippen LogP contribution in [0.15, 0.2) is 53.1 Å². The van der Waals surface area contributed by atoms with E-state index in [1.54, 1.807) is 6.26 Å². The highest BCUT2D eigenvalue weighted by Crippen LogP contribution is 2.36. The van der Waals surface area contributed by atoms with Crippen LogP contribution in [-0.4, -0.2) is 10.5 Å². The van der Waals surface area contributed by atoms with E-state index in [0.717, 1.165) is 39.7 Å². The third kappa shape index (κ3) is 2.80. The molecule has 1 aliphatic rings. The predicted octanol–water partition coefficient (Wildman–Crippen LogP) is 5.53. The molecule has 1 saturated carbocycles. The first kappa shape index (κ1) is 17.1. The van der Waals surface area contributed by atoms with Crippen LogP contribution in [0.25, 0.3) is 33.1 Å². The maximum Gasteiger partial charge on any atom is 0.249 e. The molecule has 0 bridgehead atoms. The highest BCUT2D eigenvalue weighted by molar-refractivity contribution is 6.18. The molecule has 4 aromatic rings. The minimum absolute atomic E-state index is 0.397. The van der Waals surface area contributed by atoms with Crippen LogP contribution in [0.3, 0.4) is 0 Å². The van der Waals surface area contributed by atoms with Gasteiger partial charge in [-0.2, -0.15) is 0 Å². The molecule has 0 unspecified atom stereocenters. The number of furan rings is 1. The summed E-state index contributed by atoms with van der Waals surface area (Å²) >= 11 is 0. The molecule has 0 spiro atoms. The third-order valence-electron chi connectivity index (χ3n) is 6.03. The Hall–Kier alpha value is -3.01. The van der Waals surface area contributed by atoms with E-state index < -0.39 is 5.91 Å². The molecule has 2 aromatic heterocycles. The molecule has 2 heterocycles. The quantitative estimate of drug-likeness (QED) is 0.512. The molecule has 1 fully saturated rings. The van der Waals surface area contributed by atoms with Crippen molar-refractivity contribution >= 4 is 27.7 Å². The Labute approximate surface area is 163 Å². The molecule has 4 heteroatoms. The molecule has 28 heavy (non-hydrogen) atoms. The topological polar surface area (TPSA) is 61.2 Å². The Kier molecular flexibility index (Phi) is 4.19. The number of benzene rings is 2. The van der Waals surface area contributed by atoms with Gasteiger partial charge in [0.15, 0.2) is 0 Å². The molecule has 4 nitrogen and oxygen atoms in total. The Morgan fingerprint density at radius 1 is 1.14 bits per heavy atom. The minimum Gasteiger partial charge on any atom is -0.464 e. The number of aromatic nitrogens is 1. The lowest BCUT2D eigenvalue weighted by molar-refractivity contribution is 0.100. The third-order valence-corrected chi connectivity index (χ3v) is 6.03. The smallest absolute Gasteiger partial charge is 0.249 e. The molecule has 2 N–H and O–H groups in total. The molecule has 0 atom stereocenters. The van der Waals surface area contributed by atoms with Crippen LogP contribution in [-0.2, 0) is 6.54 Å². The molecule has 2 aromatic carbocycles. The normalized spacial score (nSPS) is 15.4. The number of rotatable bonds is 4. The molecule has 5 rings (SSSR count). The van der Waals surface area contributed by atoms with E-state index in [9.17, 15) is 4.79 Å². The molecule has 1 radical (unpaired) electrons. The molecule has 1 amide bonds. The first-order valence-electron chi connectivity index (χ1n) is 10.0. The van der Waals surface area contributed by atoms with Crippen LogP contribution in [0.2, 0.25) is 0 Å². The van der Waals surface area contributed by atoms with Crippen LogP contribution in [0.4, 0.5) is 0 Å². The van der Waals surface area contributed by atoms with Crippen molar-refractivity contribution in [1.82, 2.24) is 4.57 Å². The van der Waals surface area contributed by atoms with E-state index in [-0.39, 0.29) is 0 Å². The predicted molar refractivity (Wildman–Crippen MR) is 111 cm³/mol. The summed E-state index contributed by atoms with van der Waals surface area (Å²) in [6, 6.07) is 17.2. The van der Waals surface area contributed by atoms with Gasteiger partial charge in [-0.3, -0.25) is 4.79 Å². The second-order valence-corrected chi connectivity index (χ2v) is 7.80. The van der Waals surface area contributed by atoms with Crippen LogP contribution >= 0.6 is 0 Å². The van der Waals surface area contributed by atoms with Crippen molar-refractivity contribution in [1.29, 1.82) is 0 Å². The van der Waals surface area contributed by atoms with E-state index in [4.69, 9.17) is 10.2 Å². The van der Waals surface area contributed by atoms with E-state index in [1.807, 2.05) is 30.3 Å². The average molecular weight is 371 g/mol. The minimum atomic E-state index is -0.397. The average Bonchev–Trinajstić information content (AvgIpc) is 3.36. The van der Waals surface area contributed by atoms with E-state index in [2.05, 4.69) is 22.8 Å². The maximum atomic E-state index is 12.1. The van der Waals surface area contributed by atoms with Crippen molar-refractivity contribution < 1.29 is 9.21 Å². The van der Waals surface area contributed by atoms with Gasteiger partial charge in [0.25, 0.3) is 0 Å². The van der Waals surface area contributed by atoms with Crippen molar-refractivity contribution in [2.24, 2.45) is 11.7 Å². The number of nitrogens with two attached hydrogens (primary N) is 1. The van der Waals surface area contributed by atoms with Gasteiger partial charge in [0, 0.05) is 34.0 Å². The molecule has 0 saturated heterocycles. The summed E-state index contributed by atoms with van der Waals surface area (Å²) in [6.07, 6.45) is 8.15. The lowest BCUT2D eigenvalue weighted by Gasteiger charge is -2.23. The van der Waals surface area contributed by atoms with Crippen molar-refractivity contribution in [3.8, 4) is 11.3 Å². The largest absolute Gasteiger partial charge is 0.464 e. The summed E-state index contributed by atoms with van der Waals surface area (Å²) in [5.74, 6) is 1.09. The lowest BCUT2D eigenvalue weighted by Crippen LogP contribution is -2.14. The summed E-state index contributed by atoms with van der Waals surface area (Å²) in [5.41, 5.74) is 9.39. The molecular formula is C24H23N2O2. The number of nitrogens with zero attached hydrogens (tertiary/aromatic N) is 1. The molecular weight excluding hydrogens is 348 g/mol. The summed E-state index contributed by atoms with van der Waals surface area (Å²) in [4.78, 5) is 12.1. The highest BCUT2D eigenvalue weighted by atomic mass is 16.3. The Balaban J connectivity index is 1.76. The van der Waals surface area contributed by atoms with Crippen LogP contribution in [0.1, 0.15) is 42.5 Å². The second-order valence-electron chi connectivity index (χ2n) is 7.80. The summed E-state index contributed by atoms with van der Waals surface area (Å²) in [6.45, 7) is 0.956. The van der Waals surface area contributed by atoms with Crippen LogP contribution < -0.4 is 5.73 Å². The first-order chi connectivity index (χ1) is 13.7. The van der Waals surface area contributed by atoms with Crippen molar-refractivity contribution in [2.75, 3.05) is 0 Å². The van der Waals surface area contributed by atoms with Crippen LogP contribution in [0.5, 0.6) is 0 Å². The van der Waals surface area contributed by atoms with Gasteiger partial charge >= 0.3 is 0 Å². The lowest BCUT2D eigenvalue weighted by atomic mass is 9.89. The fourth-order valence-electron chi connectivity index (χ4n) is 4.67. The molecule has 0 aliphatic heterocycles. The number of amides is 1. The van der Waals surface area contributed by atoms with Crippen molar-refractivity contribution in [3.05, 3.63) is 60.4 Å². The van der Waals surface area contributed by atoms with Gasteiger partial charge in [0.1, 0.15) is 5.76 Å². The number of primary amides is 1. The van der Waals surface area contributed by atoms with Gasteiger partial charge in [0.2, 0.25) is 5.91 Å². The van der Waals surface area contributed by atoms with Gasteiger partial charge in [-0.1, -0.05) is 25.3 Å². The van der Waals surface area contributed by atoms with Gasteiger partial charge in [-0.05, 0) is 61.2 Å². The monoisotopic (exact) mass is 371 g/mol. The molecule has 141 valence electrons. The van der Waals surface area contributed by atoms with E-state index in [0.29, 0.717) is 11.5 Å². The standard InChI is InChI=1S/C24H23N2O2/c25-24(27)19-8-4-9-20-23(19)18-12-11-17(22-10-5-13-28-22)14-21(18)26(20)15-16-6-2-1-3-7-16/h4-5,8-11,13-14,16H,1-3,6-7,15H2,(H2,25,27). The van der Waals surface area contributed by atoms with Gasteiger partial charge in [-0.15, -0.1) is 0 Å². The zero-order valence-electron chi connectivity index (χ0n) is 15.8. The Bertz CT molecular complexity index is 1150. The maximum absolute atomic E-state index is 12.1. The fraction of sp³-hybridized carbons (Fsp3) is 0.292. The number of hydrogen-bond acceptors (Lipinski definition) is 2. The van der Waals surface area contributed by atoms with Crippen LogP contribution in [0, 0.1) is 12.0 Å². The van der Waals surface area contributed by atoms with E-state index >= 15 is 0 Å². The van der Waals surface area contributed by atoms with Crippen molar-refractivity contribution in [2.45, 2.75) is 38.6 Å². The summed E-state index contributed by atoms with van der Waals surface area (Å²) in [5, 5.41) is 1.86. The Morgan fingerprint density at radius 3 is 2.75 bits per heavy atom. The fourth-order valence-corrected chi connectivity index (χ4v) is 4.67. The Morgan fingerprint density at radius 2 is 2.00 bits per heavy atom. The zero-order chi connectivity index (χ0) is 19.1. The SMILES string of the molecule is NC(=O)c1cccc2c1c1[c]cc(-c3ccco3)cc1n2CC1CCCCC1. The number of hydrogen-bond donors (Lipinski definition) is 1. The van der Waals surface area contributed by atoms with Gasteiger partial charge < -0.3 is 14.7 Å². The number of carbonyl (C=O) groups excluding carboxylic acids is 1. The first-order valence-corrected chi connectivity index (χ1v) is 10.0. The van der Waals surface area contributed by atoms with Gasteiger partial charge in [0.05, 0.1) is 11.8 Å². The summed E-state index contributed by atoms with van der Waals surface area (Å²) < 4.78 is 7.95. The zero-order valence-corrected chi connectivity index (χ0v) is 15.8. The highest BCUT2D eigenvalue weighted by Gasteiger charge is 2.21. The number of fused-ring (bicyclic) bond motifs is 3. The molecule has 1 aliphatic carbocycles. The summed E-state index contributed by atoms with van der Waals surface area (Å²) in [7, 11) is 0. The van der Waals surface area contributed by atoms with Crippen molar-refractivity contribution in [3.63, 3.8) is 0 Å². The number of carbonyl (C=O) groups is 1.